The van der Waals surface area contributed by atoms with Crippen molar-refractivity contribution in [2.24, 2.45) is 11.8 Å². The van der Waals surface area contributed by atoms with E-state index in [9.17, 15) is 4.79 Å². The lowest BCUT2D eigenvalue weighted by atomic mass is 9.84. The fraction of sp³-hybridized carbons (Fsp3) is 0.923. The van der Waals surface area contributed by atoms with Gasteiger partial charge >= 0.3 is 0 Å². The number of rotatable bonds is 4. The summed E-state index contributed by atoms with van der Waals surface area (Å²) in [6.07, 6.45) is 7.57. The van der Waals surface area contributed by atoms with Gasteiger partial charge in [0.1, 0.15) is 6.79 Å². The minimum Gasteiger partial charge on any atom is -0.355 e. The molecule has 4 heteroatoms. The maximum absolute atomic E-state index is 12.2. The predicted molar refractivity (Wildman–Crippen MR) is 69.2 cm³/mol. The molecule has 1 saturated carbocycles. The third kappa shape index (κ3) is 4.04. The van der Waals surface area contributed by atoms with Crippen molar-refractivity contribution in [2.75, 3.05) is 20.0 Å². The zero-order valence-corrected chi connectivity index (χ0v) is 11.8. The summed E-state index contributed by atoms with van der Waals surface area (Å²) in [5.74, 6) is 0.912. The summed E-state index contributed by atoms with van der Waals surface area (Å²) in [7, 11) is 0. The van der Waals surface area contributed by atoms with E-state index in [2.05, 4.69) is 15.9 Å². The van der Waals surface area contributed by atoms with Gasteiger partial charge in [0.25, 0.3) is 0 Å². The number of ketones is 1. The monoisotopic (exact) mass is 304 g/mol. The van der Waals surface area contributed by atoms with Crippen LogP contribution in [0.3, 0.4) is 0 Å². The molecule has 17 heavy (non-hydrogen) atoms. The molecule has 2 aliphatic rings. The maximum Gasteiger partial charge on any atom is 0.154 e. The van der Waals surface area contributed by atoms with E-state index in [0.29, 0.717) is 20.0 Å². The SMILES string of the molecule is O=C(C(Br)CC1CCCCC1)C1COCOC1. The largest absolute Gasteiger partial charge is 0.355 e. The highest BCUT2D eigenvalue weighted by atomic mass is 79.9. The summed E-state index contributed by atoms with van der Waals surface area (Å²) in [5, 5.41) is 0. The Balaban J connectivity index is 1.77. The molecule has 0 spiro atoms. The Bertz CT molecular complexity index is 245. The Morgan fingerprint density at radius 2 is 1.82 bits per heavy atom. The molecule has 0 aromatic heterocycles. The first-order chi connectivity index (χ1) is 8.27. The van der Waals surface area contributed by atoms with Crippen LogP contribution in [0.25, 0.3) is 0 Å². The van der Waals surface area contributed by atoms with Crippen molar-refractivity contribution < 1.29 is 14.3 Å². The van der Waals surface area contributed by atoms with Gasteiger partial charge < -0.3 is 9.47 Å². The van der Waals surface area contributed by atoms with Crippen LogP contribution in [0.1, 0.15) is 38.5 Å². The highest BCUT2D eigenvalue weighted by Crippen LogP contribution is 2.30. The Labute approximate surface area is 111 Å². The molecule has 1 heterocycles. The smallest absolute Gasteiger partial charge is 0.154 e. The van der Waals surface area contributed by atoms with Gasteiger partial charge in [-0.25, -0.2) is 0 Å². The summed E-state index contributed by atoms with van der Waals surface area (Å²) in [6.45, 7) is 1.37. The number of hydrogen-bond acceptors (Lipinski definition) is 3. The standard InChI is InChI=1S/C13H21BrO3/c14-12(6-10-4-2-1-3-5-10)13(15)11-7-16-9-17-8-11/h10-12H,1-9H2. The summed E-state index contributed by atoms with van der Waals surface area (Å²) >= 11 is 3.55. The van der Waals surface area contributed by atoms with E-state index < -0.39 is 0 Å². The number of hydrogen-bond donors (Lipinski definition) is 0. The lowest BCUT2D eigenvalue weighted by Crippen LogP contribution is -2.35. The van der Waals surface area contributed by atoms with Crippen molar-refractivity contribution in [1.82, 2.24) is 0 Å². The fourth-order valence-electron chi connectivity index (χ4n) is 2.74. The molecule has 0 amide bonds. The molecule has 0 aromatic rings. The summed E-state index contributed by atoms with van der Waals surface area (Å²) in [4.78, 5) is 12.2. The molecule has 3 nitrogen and oxygen atoms in total. The minimum atomic E-state index is -0.0725. The van der Waals surface area contributed by atoms with E-state index in [1.54, 1.807) is 0 Å². The Morgan fingerprint density at radius 1 is 1.18 bits per heavy atom. The van der Waals surface area contributed by atoms with Crippen molar-refractivity contribution >= 4 is 21.7 Å². The molecule has 2 fully saturated rings. The van der Waals surface area contributed by atoms with Crippen LogP contribution in [0.15, 0.2) is 0 Å². The van der Waals surface area contributed by atoms with Crippen LogP contribution in [0, 0.1) is 11.8 Å². The first-order valence-corrected chi connectivity index (χ1v) is 7.52. The van der Waals surface area contributed by atoms with E-state index in [1.165, 1.54) is 32.1 Å². The van der Waals surface area contributed by atoms with Crippen molar-refractivity contribution in [3.05, 3.63) is 0 Å². The first kappa shape index (κ1) is 13.5. The van der Waals surface area contributed by atoms with Gasteiger partial charge in [-0.05, 0) is 12.3 Å². The van der Waals surface area contributed by atoms with Crippen LogP contribution in [-0.4, -0.2) is 30.6 Å². The average molecular weight is 305 g/mol. The molecule has 1 aliphatic heterocycles. The van der Waals surface area contributed by atoms with E-state index in [4.69, 9.17) is 9.47 Å². The third-order valence-corrected chi connectivity index (χ3v) is 4.61. The van der Waals surface area contributed by atoms with Gasteiger partial charge in [-0.15, -0.1) is 0 Å². The van der Waals surface area contributed by atoms with Crippen molar-refractivity contribution in [3.8, 4) is 0 Å². The van der Waals surface area contributed by atoms with Crippen molar-refractivity contribution in [1.29, 1.82) is 0 Å². The Kier molecular flexibility index (Phi) is 5.45. The molecule has 2 rings (SSSR count). The van der Waals surface area contributed by atoms with Gasteiger partial charge in [-0.3, -0.25) is 4.79 Å². The predicted octanol–water partition coefficient (Wildman–Crippen LogP) is 2.91. The van der Waals surface area contributed by atoms with Crippen LogP contribution >= 0.6 is 15.9 Å². The van der Waals surface area contributed by atoms with Gasteiger partial charge in [-0.2, -0.15) is 0 Å². The Morgan fingerprint density at radius 3 is 2.47 bits per heavy atom. The van der Waals surface area contributed by atoms with Crippen molar-refractivity contribution in [2.45, 2.75) is 43.4 Å². The summed E-state index contributed by atoms with van der Waals surface area (Å²) in [6, 6.07) is 0. The van der Waals surface area contributed by atoms with E-state index in [1.807, 2.05) is 0 Å². The number of alkyl halides is 1. The van der Waals surface area contributed by atoms with Crippen molar-refractivity contribution in [3.63, 3.8) is 0 Å². The molecule has 1 unspecified atom stereocenters. The highest BCUT2D eigenvalue weighted by Gasteiger charge is 2.29. The van der Waals surface area contributed by atoms with Gasteiger partial charge in [0, 0.05) is 0 Å². The first-order valence-electron chi connectivity index (χ1n) is 6.60. The molecule has 1 atom stereocenters. The number of carbonyl (C=O) groups excluding carboxylic acids is 1. The third-order valence-electron chi connectivity index (χ3n) is 3.78. The van der Waals surface area contributed by atoms with Gasteiger partial charge in [0.05, 0.1) is 24.0 Å². The second kappa shape index (κ2) is 6.86. The normalized spacial score (nSPS) is 25.7. The van der Waals surface area contributed by atoms with Gasteiger partial charge in [0.15, 0.2) is 5.78 Å². The Hall–Kier alpha value is 0.0700. The lowest BCUT2D eigenvalue weighted by molar-refractivity contribution is -0.149. The second-order valence-corrected chi connectivity index (χ2v) is 6.27. The molecule has 0 bridgehead atoms. The molecular formula is C13H21BrO3. The van der Waals surface area contributed by atoms with E-state index >= 15 is 0 Å². The number of halogens is 1. The molecule has 1 saturated heterocycles. The van der Waals surface area contributed by atoms with E-state index in [0.717, 1.165) is 12.3 Å². The topological polar surface area (TPSA) is 35.5 Å². The zero-order chi connectivity index (χ0) is 12.1. The van der Waals surface area contributed by atoms with Gasteiger partial charge in [-0.1, -0.05) is 48.0 Å². The van der Waals surface area contributed by atoms with Gasteiger partial charge in [0.2, 0.25) is 0 Å². The summed E-state index contributed by atoms with van der Waals surface area (Å²) < 4.78 is 10.4. The minimum absolute atomic E-state index is 0.0131. The van der Waals surface area contributed by atoms with Crippen LogP contribution in [-0.2, 0) is 14.3 Å². The van der Waals surface area contributed by atoms with Crippen LogP contribution in [0.4, 0.5) is 0 Å². The molecule has 1 aliphatic carbocycles. The van der Waals surface area contributed by atoms with Crippen LogP contribution < -0.4 is 0 Å². The molecule has 98 valence electrons. The number of carbonyl (C=O) groups is 1. The van der Waals surface area contributed by atoms with E-state index in [-0.39, 0.29) is 16.5 Å². The fourth-order valence-corrected chi connectivity index (χ4v) is 3.64. The highest BCUT2D eigenvalue weighted by molar-refractivity contribution is 9.10. The maximum atomic E-state index is 12.2. The molecule has 0 N–H and O–H groups in total. The second-order valence-electron chi connectivity index (χ2n) is 5.17. The molecule has 0 aromatic carbocycles. The van der Waals surface area contributed by atoms with Crippen LogP contribution in [0.5, 0.6) is 0 Å². The lowest BCUT2D eigenvalue weighted by Gasteiger charge is -2.27. The van der Waals surface area contributed by atoms with Crippen LogP contribution in [0.2, 0.25) is 0 Å². The molecule has 0 radical (unpaired) electrons. The zero-order valence-electron chi connectivity index (χ0n) is 10.2. The average Bonchev–Trinajstić information content (AvgIpc) is 2.40. The summed E-state index contributed by atoms with van der Waals surface area (Å²) in [5.41, 5.74) is 0. The molecular weight excluding hydrogens is 284 g/mol. The number of Topliss-reactive ketones (excluding diaryl/α,β-unsaturated/α-hetero) is 1. The number of ether oxygens (including phenoxy) is 2. The quantitative estimate of drug-likeness (QED) is 0.749.